The minimum Gasteiger partial charge on any atom is -0.489 e. The maximum atomic E-state index is 13.7. The highest BCUT2D eigenvalue weighted by Crippen LogP contribution is 2.21. The standard InChI is InChI=1S/C15H15FINO/c1-10(18)14-7-6-13(8-15(14)16)19-9-11-2-4-12(17)5-3-11/h2-8,10H,9,18H2,1H3/t10-/m1/s1. The summed E-state index contributed by atoms with van der Waals surface area (Å²) in [4.78, 5) is 0. The number of hydrogen-bond acceptors (Lipinski definition) is 2. The highest BCUT2D eigenvalue weighted by Gasteiger charge is 2.08. The number of ether oxygens (including phenoxy) is 1. The molecule has 0 aliphatic rings. The molecule has 1 atom stereocenters. The van der Waals surface area contributed by atoms with Crippen LogP contribution in [0.1, 0.15) is 24.1 Å². The van der Waals surface area contributed by atoms with E-state index in [-0.39, 0.29) is 11.9 Å². The first-order valence-electron chi connectivity index (χ1n) is 5.98. The summed E-state index contributed by atoms with van der Waals surface area (Å²) in [5.74, 6) is 0.190. The average molecular weight is 371 g/mol. The molecule has 0 aliphatic heterocycles. The van der Waals surface area contributed by atoms with Crippen molar-refractivity contribution in [2.75, 3.05) is 0 Å². The number of benzene rings is 2. The van der Waals surface area contributed by atoms with Gasteiger partial charge in [0, 0.05) is 21.2 Å². The van der Waals surface area contributed by atoms with Crippen LogP contribution >= 0.6 is 22.6 Å². The smallest absolute Gasteiger partial charge is 0.131 e. The Labute approximate surface area is 125 Å². The van der Waals surface area contributed by atoms with Crippen molar-refractivity contribution in [1.82, 2.24) is 0 Å². The molecule has 0 saturated heterocycles. The van der Waals surface area contributed by atoms with E-state index in [4.69, 9.17) is 10.5 Å². The molecule has 0 aromatic heterocycles. The first-order chi connectivity index (χ1) is 9.06. The zero-order valence-electron chi connectivity index (χ0n) is 10.6. The Kier molecular flexibility index (Phi) is 4.76. The molecule has 0 bridgehead atoms. The fourth-order valence-corrected chi connectivity index (χ4v) is 2.07. The Balaban J connectivity index is 2.04. The third-order valence-corrected chi connectivity index (χ3v) is 3.50. The number of nitrogens with two attached hydrogens (primary N) is 1. The zero-order chi connectivity index (χ0) is 13.8. The largest absolute Gasteiger partial charge is 0.489 e. The monoisotopic (exact) mass is 371 g/mol. The third-order valence-electron chi connectivity index (χ3n) is 2.78. The lowest BCUT2D eigenvalue weighted by Crippen LogP contribution is -2.07. The van der Waals surface area contributed by atoms with Gasteiger partial charge < -0.3 is 10.5 Å². The summed E-state index contributed by atoms with van der Waals surface area (Å²) in [6, 6.07) is 12.5. The molecule has 2 N–H and O–H groups in total. The van der Waals surface area contributed by atoms with Crippen molar-refractivity contribution >= 4 is 22.6 Å². The SMILES string of the molecule is C[C@@H](N)c1ccc(OCc2ccc(I)cc2)cc1F. The van der Waals surface area contributed by atoms with Crippen LogP contribution in [-0.4, -0.2) is 0 Å². The normalized spacial score (nSPS) is 12.2. The van der Waals surface area contributed by atoms with Gasteiger partial charge in [-0.25, -0.2) is 4.39 Å². The van der Waals surface area contributed by atoms with Crippen LogP contribution in [0.3, 0.4) is 0 Å². The Hall–Kier alpha value is -1.14. The van der Waals surface area contributed by atoms with Crippen molar-refractivity contribution in [3.63, 3.8) is 0 Å². The van der Waals surface area contributed by atoms with Crippen LogP contribution in [0.25, 0.3) is 0 Å². The minimum absolute atomic E-state index is 0.315. The fourth-order valence-electron chi connectivity index (χ4n) is 1.71. The zero-order valence-corrected chi connectivity index (χ0v) is 12.7. The predicted octanol–water partition coefficient (Wildman–Crippen LogP) is 4.03. The summed E-state index contributed by atoms with van der Waals surface area (Å²) in [6.07, 6.45) is 0. The summed E-state index contributed by atoms with van der Waals surface area (Å²) < 4.78 is 20.5. The molecule has 2 rings (SSSR count). The lowest BCUT2D eigenvalue weighted by molar-refractivity contribution is 0.304. The van der Waals surface area contributed by atoms with Crippen LogP contribution in [-0.2, 0) is 6.61 Å². The van der Waals surface area contributed by atoms with Gasteiger partial charge >= 0.3 is 0 Å². The van der Waals surface area contributed by atoms with Gasteiger partial charge in [0.2, 0.25) is 0 Å². The highest BCUT2D eigenvalue weighted by atomic mass is 127. The molecule has 100 valence electrons. The van der Waals surface area contributed by atoms with Crippen molar-refractivity contribution in [3.05, 3.63) is 63.0 Å². The summed E-state index contributed by atoms with van der Waals surface area (Å²) in [7, 11) is 0. The lowest BCUT2D eigenvalue weighted by atomic mass is 10.1. The van der Waals surface area contributed by atoms with E-state index in [0.717, 1.165) is 5.56 Å². The lowest BCUT2D eigenvalue weighted by Gasteiger charge is -2.10. The quantitative estimate of drug-likeness (QED) is 0.824. The second-order valence-electron chi connectivity index (χ2n) is 4.39. The van der Waals surface area contributed by atoms with Crippen LogP contribution in [0.4, 0.5) is 4.39 Å². The van der Waals surface area contributed by atoms with Gasteiger partial charge in [0.25, 0.3) is 0 Å². The molecule has 0 saturated carbocycles. The van der Waals surface area contributed by atoms with E-state index in [1.165, 1.54) is 9.64 Å². The van der Waals surface area contributed by atoms with Crippen LogP contribution in [0.5, 0.6) is 5.75 Å². The van der Waals surface area contributed by atoms with Crippen molar-refractivity contribution in [2.24, 2.45) is 5.73 Å². The van der Waals surface area contributed by atoms with Crippen LogP contribution in [0.2, 0.25) is 0 Å². The summed E-state index contributed by atoms with van der Waals surface area (Å²) in [6.45, 7) is 2.18. The van der Waals surface area contributed by atoms with E-state index in [9.17, 15) is 4.39 Å². The highest BCUT2D eigenvalue weighted by molar-refractivity contribution is 14.1. The number of rotatable bonds is 4. The minimum atomic E-state index is -0.324. The van der Waals surface area contributed by atoms with Crippen molar-refractivity contribution in [2.45, 2.75) is 19.6 Å². The molecule has 0 radical (unpaired) electrons. The van der Waals surface area contributed by atoms with Gasteiger partial charge in [-0.2, -0.15) is 0 Å². The van der Waals surface area contributed by atoms with Crippen LogP contribution in [0, 0.1) is 9.39 Å². The maximum Gasteiger partial charge on any atom is 0.131 e. The summed E-state index contributed by atoms with van der Waals surface area (Å²) in [5.41, 5.74) is 7.22. The summed E-state index contributed by atoms with van der Waals surface area (Å²) in [5, 5.41) is 0. The Bertz CT molecular complexity index is 555. The van der Waals surface area contributed by atoms with E-state index in [1.807, 2.05) is 24.3 Å². The number of hydrogen-bond donors (Lipinski definition) is 1. The topological polar surface area (TPSA) is 35.2 Å². The summed E-state index contributed by atoms with van der Waals surface area (Å²) >= 11 is 2.25. The molecule has 0 amide bonds. The Morgan fingerprint density at radius 3 is 2.47 bits per heavy atom. The van der Waals surface area contributed by atoms with Gasteiger partial charge in [-0.05, 0) is 53.3 Å². The molecule has 19 heavy (non-hydrogen) atoms. The van der Waals surface area contributed by atoms with E-state index in [0.29, 0.717) is 17.9 Å². The molecule has 0 unspecified atom stereocenters. The Morgan fingerprint density at radius 1 is 1.21 bits per heavy atom. The van der Waals surface area contributed by atoms with Gasteiger partial charge in [0.15, 0.2) is 0 Å². The van der Waals surface area contributed by atoms with Crippen LogP contribution in [0.15, 0.2) is 42.5 Å². The van der Waals surface area contributed by atoms with Gasteiger partial charge in [0.1, 0.15) is 18.2 Å². The second kappa shape index (κ2) is 6.34. The molecule has 0 spiro atoms. The molecule has 4 heteroatoms. The van der Waals surface area contributed by atoms with E-state index >= 15 is 0 Å². The molecule has 2 nitrogen and oxygen atoms in total. The molecular weight excluding hydrogens is 356 g/mol. The van der Waals surface area contributed by atoms with Crippen molar-refractivity contribution in [3.8, 4) is 5.75 Å². The molecule has 0 fully saturated rings. The Morgan fingerprint density at radius 2 is 1.89 bits per heavy atom. The molecule has 2 aromatic carbocycles. The van der Waals surface area contributed by atoms with Gasteiger partial charge in [-0.1, -0.05) is 18.2 Å². The van der Waals surface area contributed by atoms with Gasteiger partial charge in [-0.15, -0.1) is 0 Å². The predicted molar refractivity (Wildman–Crippen MR) is 82.5 cm³/mol. The van der Waals surface area contributed by atoms with Gasteiger partial charge in [0.05, 0.1) is 0 Å². The second-order valence-corrected chi connectivity index (χ2v) is 5.63. The molecule has 2 aromatic rings. The van der Waals surface area contributed by atoms with Crippen LogP contribution < -0.4 is 10.5 Å². The first kappa shape index (κ1) is 14.3. The molecular formula is C15H15FINO. The fraction of sp³-hybridized carbons (Fsp3) is 0.200. The van der Waals surface area contributed by atoms with E-state index < -0.39 is 0 Å². The van der Waals surface area contributed by atoms with E-state index in [2.05, 4.69) is 22.6 Å². The number of halogens is 2. The maximum absolute atomic E-state index is 13.7. The van der Waals surface area contributed by atoms with Crippen molar-refractivity contribution in [1.29, 1.82) is 0 Å². The third kappa shape index (κ3) is 3.91. The average Bonchev–Trinajstić information content (AvgIpc) is 2.37. The first-order valence-corrected chi connectivity index (χ1v) is 7.06. The van der Waals surface area contributed by atoms with Crippen molar-refractivity contribution < 1.29 is 9.13 Å². The van der Waals surface area contributed by atoms with E-state index in [1.54, 1.807) is 19.1 Å². The molecule has 0 heterocycles. The molecule has 0 aliphatic carbocycles. The van der Waals surface area contributed by atoms with Gasteiger partial charge in [-0.3, -0.25) is 0 Å².